The maximum Gasteiger partial charge on any atom is 0.213 e. The van der Waals surface area contributed by atoms with Gasteiger partial charge in [0.2, 0.25) is 10.0 Å². The van der Waals surface area contributed by atoms with Gasteiger partial charge in [0.25, 0.3) is 0 Å². The fraction of sp³-hybridized carbons (Fsp3) is 0.333. The lowest BCUT2D eigenvalue weighted by Gasteiger charge is -2.06. The van der Waals surface area contributed by atoms with E-state index in [9.17, 15) is 8.42 Å². The van der Waals surface area contributed by atoms with Crippen molar-refractivity contribution in [3.63, 3.8) is 0 Å². The maximum atomic E-state index is 10.9. The van der Waals surface area contributed by atoms with E-state index in [-0.39, 0.29) is 5.75 Å². The third-order valence-electron chi connectivity index (χ3n) is 2.00. The van der Waals surface area contributed by atoms with Crippen molar-refractivity contribution in [2.24, 2.45) is 10.9 Å². The summed E-state index contributed by atoms with van der Waals surface area (Å²) < 4.78 is 21.7. The fourth-order valence-electron chi connectivity index (χ4n) is 1.26. The van der Waals surface area contributed by atoms with Crippen LogP contribution < -0.4 is 10.9 Å². The van der Waals surface area contributed by atoms with Gasteiger partial charge in [0.15, 0.2) is 0 Å². The van der Waals surface area contributed by atoms with E-state index in [0.29, 0.717) is 6.54 Å². The molecule has 5 heteroatoms. The monoisotopic (exact) mass is 214 g/mol. The number of aryl methyl sites for hydroxylation is 1. The molecule has 0 spiro atoms. The molecule has 0 atom stereocenters. The molecule has 0 unspecified atom stereocenters. The molecule has 0 aliphatic carbocycles. The van der Waals surface area contributed by atoms with Crippen LogP contribution in [0.25, 0.3) is 0 Å². The normalized spacial score (nSPS) is 11.6. The van der Waals surface area contributed by atoms with Crippen LogP contribution in [-0.4, -0.2) is 8.42 Å². The Hall–Kier alpha value is -0.910. The number of hydrogen-bond donors (Lipinski definition) is 2. The lowest BCUT2D eigenvalue weighted by Crippen LogP contribution is -2.15. The molecular formula is C9H14N2O2S. The Morgan fingerprint density at radius 2 is 2.00 bits per heavy atom. The largest absolute Gasteiger partial charge is 0.326 e. The Bertz CT molecular complexity index is 426. The Labute approximate surface area is 84.0 Å². The Morgan fingerprint density at radius 3 is 2.43 bits per heavy atom. The van der Waals surface area contributed by atoms with Gasteiger partial charge in [-0.1, -0.05) is 18.2 Å². The predicted octanol–water partition coefficient (Wildman–Crippen LogP) is 0.242. The highest BCUT2D eigenvalue weighted by molar-refractivity contribution is 7.88. The highest BCUT2D eigenvalue weighted by atomic mass is 32.2. The van der Waals surface area contributed by atoms with Crippen LogP contribution in [0.4, 0.5) is 0 Å². The molecule has 0 bridgehead atoms. The second-order valence-electron chi connectivity index (χ2n) is 3.27. The van der Waals surface area contributed by atoms with Crippen molar-refractivity contribution in [2.75, 3.05) is 0 Å². The lowest BCUT2D eigenvalue weighted by atomic mass is 10.1. The zero-order chi connectivity index (χ0) is 10.8. The van der Waals surface area contributed by atoms with Crippen LogP contribution in [0, 0.1) is 6.92 Å². The lowest BCUT2D eigenvalue weighted by molar-refractivity contribution is 0.597. The molecule has 0 saturated carbocycles. The zero-order valence-corrected chi connectivity index (χ0v) is 8.84. The van der Waals surface area contributed by atoms with Gasteiger partial charge in [-0.15, -0.1) is 0 Å². The summed E-state index contributed by atoms with van der Waals surface area (Å²) in [5.41, 5.74) is 8.07. The summed E-state index contributed by atoms with van der Waals surface area (Å²) in [7, 11) is -3.45. The van der Waals surface area contributed by atoms with E-state index >= 15 is 0 Å². The van der Waals surface area contributed by atoms with Crippen molar-refractivity contribution in [1.82, 2.24) is 0 Å². The summed E-state index contributed by atoms with van der Waals surface area (Å²) in [6, 6.07) is 5.44. The summed E-state index contributed by atoms with van der Waals surface area (Å²) in [5.74, 6) is -0.121. The first-order chi connectivity index (χ1) is 6.42. The zero-order valence-electron chi connectivity index (χ0n) is 8.03. The quantitative estimate of drug-likeness (QED) is 0.755. The minimum atomic E-state index is -3.45. The molecule has 0 aliphatic rings. The van der Waals surface area contributed by atoms with E-state index < -0.39 is 10.0 Å². The third kappa shape index (κ3) is 3.10. The second-order valence-corrected chi connectivity index (χ2v) is 4.89. The minimum Gasteiger partial charge on any atom is -0.326 e. The first-order valence-electron chi connectivity index (χ1n) is 4.21. The van der Waals surface area contributed by atoms with Crippen LogP contribution in [0.15, 0.2) is 18.2 Å². The summed E-state index contributed by atoms with van der Waals surface area (Å²) >= 11 is 0. The Morgan fingerprint density at radius 1 is 1.36 bits per heavy atom. The number of sulfonamides is 1. The molecule has 0 aliphatic heterocycles. The average Bonchev–Trinajstić information content (AvgIpc) is 2.06. The molecule has 1 aromatic carbocycles. The fourth-order valence-corrected chi connectivity index (χ4v) is 2.02. The van der Waals surface area contributed by atoms with Crippen LogP contribution >= 0.6 is 0 Å². The molecule has 78 valence electrons. The molecule has 0 heterocycles. The minimum absolute atomic E-state index is 0.121. The van der Waals surface area contributed by atoms with Crippen molar-refractivity contribution in [3.05, 3.63) is 34.9 Å². The van der Waals surface area contributed by atoms with Gasteiger partial charge in [-0.3, -0.25) is 0 Å². The van der Waals surface area contributed by atoms with Crippen molar-refractivity contribution >= 4 is 10.0 Å². The summed E-state index contributed by atoms with van der Waals surface area (Å²) in [5, 5.41) is 4.95. The molecule has 1 aromatic rings. The van der Waals surface area contributed by atoms with E-state index in [1.54, 1.807) is 6.07 Å². The summed E-state index contributed by atoms with van der Waals surface area (Å²) in [6.45, 7) is 2.30. The first kappa shape index (κ1) is 11.2. The van der Waals surface area contributed by atoms with Crippen LogP contribution in [0.2, 0.25) is 0 Å². The highest BCUT2D eigenvalue weighted by Gasteiger charge is 2.07. The van der Waals surface area contributed by atoms with Gasteiger partial charge in [0.05, 0.1) is 5.75 Å². The molecular weight excluding hydrogens is 200 g/mol. The molecule has 0 saturated heterocycles. The molecule has 0 amide bonds. The number of rotatable bonds is 3. The van der Waals surface area contributed by atoms with Crippen LogP contribution in [0.3, 0.4) is 0 Å². The molecule has 1 rings (SSSR count). The van der Waals surface area contributed by atoms with E-state index in [0.717, 1.165) is 16.7 Å². The highest BCUT2D eigenvalue weighted by Crippen LogP contribution is 2.12. The van der Waals surface area contributed by atoms with Gasteiger partial charge in [0, 0.05) is 6.54 Å². The van der Waals surface area contributed by atoms with Crippen LogP contribution in [-0.2, 0) is 22.3 Å². The summed E-state index contributed by atoms with van der Waals surface area (Å²) in [4.78, 5) is 0. The number of nitrogens with two attached hydrogens (primary N) is 2. The van der Waals surface area contributed by atoms with Crippen molar-refractivity contribution < 1.29 is 8.42 Å². The topological polar surface area (TPSA) is 86.2 Å². The molecule has 0 radical (unpaired) electrons. The van der Waals surface area contributed by atoms with Crippen molar-refractivity contribution in [3.8, 4) is 0 Å². The van der Waals surface area contributed by atoms with E-state index in [1.807, 2.05) is 19.1 Å². The van der Waals surface area contributed by atoms with E-state index in [2.05, 4.69) is 0 Å². The van der Waals surface area contributed by atoms with Gasteiger partial charge in [0.1, 0.15) is 0 Å². The average molecular weight is 214 g/mol. The molecule has 0 fully saturated rings. The van der Waals surface area contributed by atoms with Crippen molar-refractivity contribution in [2.45, 2.75) is 19.2 Å². The summed E-state index contributed by atoms with van der Waals surface area (Å²) in [6.07, 6.45) is 0. The number of benzene rings is 1. The first-order valence-corrected chi connectivity index (χ1v) is 5.93. The standard InChI is InChI=1S/C9H14N2O2S/c1-7-4-8(5-10)2-3-9(7)6-14(11,12)13/h2-4H,5-6,10H2,1H3,(H2,11,12,13). The predicted molar refractivity (Wildman–Crippen MR) is 55.9 cm³/mol. The van der Waals surface area contributed by atoms with Crippen LogP contribution in [0.1, 0.15) is 16.7 Å². The van der Waals surface area contributed by atoms with Gasteiger partial charge in [-0.2, -0.15) is 0 Å². The Kier molecular flexibility index (Phi) is 3.25. The Balaban J connectivity index is 3.01. The molecule has 4 N–H and O–H groups in total. The smallest absolute Gasteiger partial charge is 0.213 e. The molecule has 0 aromatic heterocycles. The van der Waals surface area contributed by atoms with E-state index in [1.165, 1.54) is 0 Å². The number of primary sulfonamides is 1. The van der Waals surface area contributed by atoms with Crippen LogP contribution in [0.5, 0.6) is 0 Å². The molecule has 14 heavy (non-hydrogen) atoms. The van der Waals surface area contributed by atoms with Crippen molar-refractivity contribution in [1.29, 1.82) is 0 Å². The second kappa shape index (κ2) is 4.08. The van der Waals surface area contributed by atoms with Gasteiger partial charge >= 0.3 is 0 Å². The SMILES string of the molecule is Cc1cc(CN)ccc1CS(N)(=O)=O. The van der Waals surface area contributed by atoms with E-state index in [4.69, 9.17) is 10.9 Å². The molecule has 4 nitrogen and oxygen atoms in total. The maximum absolute atomic E-state index is 10.9. The third-order valence-corrected chi connectivity index (χ3v) is 2.71. The van der Waals surface area contributed by atoms with Gasteiger partial charge in [-0.05, 0) is 23.6 Å². The van der Waals surface area contributed by atoms with Gasteiger partial charge in [-0.25, -0.2) is 13.6 Å². The number of hydrogen-bond acceptors (Lipinski definition) is 3. The van der Waals surface area contributed by atoms with Gasteiger partial charge < -0.3 is 5.73 Å².